The smallest absolute Gasteiger partial charge is 0.293 e. The largest absolute Gasteiger partial charge is 0.335 e. The van der Waals surface area contributed by atoms with Crippen molar-refractivity contribution < 1.29 is 4.79 Å². The van der Waals surface area contributed by atoms with Gasteiger partial charge in [0.05, 0.1) is 0 Å². The molecule has 0 fully saturated rings. The lowest BCUT2D eigenvalue weighted by atomic mass is 10.1. The van der Waals surface area contributed by atoms with Gasteiger partial charge in [0.15, 0.2) is 0 Å². The van der Waals surface area contributed by atoms with Crippen LogP contribution in [0.3, 0.4) is 0 Å². The van der Waals surface area contributed by atoms with Gasteiger partial charge in [0.25, 0.3) is 5.91 Å². The molecule has 0 spiro atoms. The molecule has 5 nitrogen and oxygen atoms in total. The minimum Gasteiger partial charge on any atom is -0.335 e. The van der Waals surface area contributed by atoms with Crippen LogP contribution >= 0.6 is 0 Å². The number of aromatic nitrogens is 3. The number of rotatable bonds is 7. The molecule has 1 heterocycles. The van der Waals surface area contributed by atoms with Crippen LogP contribution in [0.5, 0.6) is 0 Å². The van der Waals surface area contributed by atoms with Gasteiger partial charge < -0.3 is 4.90 Å². The summed E-state index contributed by atoms with van der Waals surface area (Å²) < 4.78 is 0. The van der Waals surface area contributed by atoms with Crippen molar-refractivity contribution in [2.45, 2.75) is 47.5 Å². The van der Waals surface area contributed by atoms with Gasteiger partial charge in [-0.2, -0.15) is 0 Å². The second kappa shape index (κ2) is 7.26. The van der Waals surface area contributed by atoms with Crippen molar-refractivity contribution in [1.29, 1.82) is 0 Å². The maximum Gasteiger partial charge on any atom is 0.293 e. The van der Waals surface area contributed by atoms with Crippen molar-refractivity contribution in [2.75, 3.05) is 13.1 Å². The number of aromatic amines is 1. The molecule has 108 valence electrons. The van der Waals surface area contributed by atoms with Crippen LogP contribution in [0.15, 0.2) is 0 Å². The van der Waals surface area contributed by atoms with E-state index in [1.807, 2.05) is 4.90 Å². The predicted octanol–water partition coefficient (Wildman–Crippen LogP) is 2.51. The zero-order chi connectivity index (χ0) is 14.4. The molecule has 19 heavy (non-hydrogen) atoms. The van der Waals surface area contributed by atoms with Crippen LogP contribution in [-0.4, -0.2) is 39.1 Å². The van der Waals surface area contributed by atoms with Gasteiger partial charge in [0, 0.05) is 19.5 Å². The standard InChI is InChI=1S/C14H26N4O/c1-6-7-12-15-13(17-16-12)14(19)18(8-10(2)3)9-11(4)5/h10-11H,6-9H2,1-5H3,(H,15,16,17). The molecule has 0 saturated heterocycles. The van der Waals surface area contributed by atoms with Gasteiger partial charge in [0.1, 0.15) is 5.82 Å². The van der Waals surface area contributed by atoms with Crippen LogP contribution in [0.2, 0.25) is 0 Å². The molecule has 1 aromatic heterocycles. The van der Waals surface area contributed by atoms with Crippen LogP contribution in [-0.2, 0) is 6.42 Å². The van der Waals surface area contributed by atoms with Crippen LogP contribution in [0.4, 0.5) is 0 Å². The van der Waals surface area contributed by atoms with Crippen LogP contribution in [0.1, 0.15) is 57.5 Å². The summed E-state index contributed by atoms with van der Waals surface area (Å²) in [6.45, 7) is 12.0. The van der Waals surface area contributed by atoms with Gasteiger partial charge in [-0.15, -0.1) is 5.10 Å². The summed E-state index contributed by atoms with van der Waals surface area (Å²) in [5, 5.41) is 6.88. The topological polar surface area (TPSA) is 61.9 Å². The number of carbonyl (C=O) groups excluding carboxylic acids is 1. The third-order valence-corrected chi connectivity index (χ3v) is 2.67. The molecule has 0 bridgehead atoms. The fourth-order valence-electron chi connectivity index (χ4n) is 2.00. The average molecular weight is 266 g/mol. The number of amides is 1. The van der Waals surface area contributed by atoms with E-state index in [1.54, 1.807) is 0 Å². The summed E-state index contributed by atoms with van der Waals surface area (Å²) in [6, 6.07) is 0. The molecular weight excluding hydrogens is 240 g/mol. The van der Waals surface area contributed by atoms with Crippen LogP contribution < -0.4 is 0 Å². The number of nitrogens with one attached hydrogen (secondary N) is 1. The molecule has 0 atom stereocenters. The zero-order valence-electron chi connectivity index (χ0n) is 12.7. The Bertz CT molecular complexity index is 388. The maximum absolute atomic E-state index is 12.4. The molecule has 5 heteroatoms. The van der Waals surface area contributed by atoms with Crippen molar-refractivity contribution in [3.8, 4) is 0 Å². The van der Waals surface area contributed by atoms with E-state index in [9.17, 15) is 4.79 Å². The highest BCUT2D eigenvalue weighted by molar-refractivity contribution is 5.90. The first kappa shape index (κ1) is 15.7. The number of aryl methyl sites for hydroxylation is 1. The van der Waals surface area contributed by atoms with Gasteiger partial charge >= 0.3 is 0 Å². The first-order valence-electron chi connectivity index (χ1n) is 7.14. The lowest BCUT2D eigenvalue weighted by Crippen LogP contribution is -2.37. The lowest BCUT2D eigenvalue weighted by Gasteiger charge is -2.25. The van der Waals surface area contributed by atoms with Gasteiger partial charge in [-0.05, 0) is 18.3 Å². The van der Waals surface area contributed by atoms with E-state index < -0.39 is 0 Å². The Labute approximate surface area is 115 Å². The minimum atomic E-state index is -0.0685. The first-order valence-corrected chi connectivity index (χ1v) is 7.14. The molecular formula is C14H26N4O. The number of hydrogen-bond acceptors (Lipinski definition) is 3. The lowest BCUT2D eigenvalue weighted by molar-refractivity contribution is 0.0703. The third-order valence-electron chi connectivity index (χ3n) is 2.67. The van der Waals surface area contributed by atoms with Gasteiger partial charge in [-0.25, -0.2) is 4.98 Å². The summed E-state index contributed by atoms with van der Waals surface area (Å²) in [5.74, 6) is 1.90. The average Bonchev–Trinajstić information content (AvgIpc) is 2.75. The Balaban J connectivity index is 2.78. The molecule has 1 N–H and O–H groups in total. The molecule has 0 aromatic carbocycles. The Morgan fingerprint density at radius 1 is 1.21 bits per heavy atom. The Morgan fingerprint density at radius 3 is 2.26 bits per heavy atom. The molecule has 0 saturated carbocycles. The van der Waals surface area contributed by atoms with E-state index in [-0.39, 0.29) is 5.91 Å². The van der Waals surface area contributed by atoms with Crippen molar-refractivity contribution in [3.63, 3.8) is 0 Å². The number of H-pyrrole nitrogens is 1. The highest BCUT2D eigenvalue weighted by Gasteiger charge is 2.21. The first-order chi connectivity index (χ1) is 8.93. The van der Waals surface area contributed by atoms with Crippen molar-refractivity contribution in [3.05, 3.63) is 11.6 Å². The summed E-state index contributed by atoms with van der Waals surface area (Å²) in [7, 11) is 0. The van der Waals surface area contributed by atoms with Crippen LogP contribution in [0.25, 0.3) is 0 Å². The van der Waals surface area contributed by atoms with Gasteiger partial charge in [-0.1, -0.05) is 34.6 Å². The summed E-state index contributed by atoms with van der Waals surface area (Å²) in [5.41, 5.74) is 0. The quantitative estimate of drug-likeness (QED) is 0.825. The fraction of sp³-hybridized carbons (Fsp3) is 0.786. The predicted molar refractivity (Wildman–Crippen MR) is 76.0 cm³/mol. The fourth-order valence-corrected chi connectivity index (χ4v) is 2.00. The van der Waals surface area contributed by atoms with Gasteiger partial charge in [0.2, 0.25) is 5.82 Å². The molecule has 0 radical (unpaired) electrons. The summed E-state index contributed by atoms with van der Waals surface area (Å²) >= 11 is 0. The zero-order valence-corrected chi connectivity index (χ0v) is 12.7. The molecule has 0 aliphatic carbocycles. The molecule has 1 aromatic rings. The second-order valence-corrected chi connectivity index (χ2v) is 5.85. The van der Waals surface area contributed by atoms with E-state index in [0.29, 0.717) is 17.7 Å². The minimum absolute atomic E-state index is 0.0685. The molecule has 0 aliphatic rings. The van der Waals surface area contributed by atoms with Gasteiger partial charge in [-0.3, -0.25) is 9.89 Å². The van der Waals surface area contributed by atoms with E-state index >= 15 is 0 Å². The van der Waals surface area contributed by atoms with Crippen molar-refractivity contribution in [2.24, 2.45) is 11.8 Å². The Morgan fingerprint density at radius 2 is 1.79 bits per heavy atom. The number of carbonyl (C=O) groups is 1. The van der Waals surface area contributed by atoms with E-state index in [4.69, 9.17) is 0 Å². The summed E-state index contributed by atoms with van der Waals surface area (Å²) in [6.07, 6.45) is 1.82. The Kier molecular flexibility index (Phi) is 5.99. The number of nitrogens with zero attached hydrogens (tertiary/aromatic N) is 3. The van der Waals surface area contributed by atoms with E-state index in [0.717, 1.165) is 31.8 Å². The van der Waals surface area contributed by atoms with E-state index in [2.05, 4.69) is 49.8 Å². The molecule has 0 aliphatic heterocycles. The highest BCUT2D eigenvalue weighted by atomic mass is 16.2. The normalized spacial score (nSPS) is 11.3. The van der Waals surface area contributed by atoms with E-state index in [1.165, 1.54) is 0 Å². The highest BCUT2D eigenvalue weighted by Crippen LogP contribution is 2.08. The SMILES string of the molecule is CCCc1nc(C(=O)N(CC(C)C)CC(C)C)n[nH]1. The monoisotopic (exact) mass is 266 g/mol. The molecule has 1 rings (SSSR count). The third kappa shape index (κ3) is 5.01. The molecule has 0 unspecified atom stereocenters. The number of hydrogen-bond donors (Lipinski definition) is 1. The molecule has 1 amide bonds. The van der Waals surface area contributed by atoms with Crippen LogP contribution in [0, 0.1) is 11.8 Å². The Hall–Kier alpha value is -1.39. The van der Waals surface area contributed by atoms with Crippen molar-refractivity contribution >= 4 is 5.91 Å². The summed E-state index contributed by atoms with van der Waals surface area (Å²) in [4.78, 5) is 18.5. The van der Waals surface area contributed by atoms with Crippen molar-refractivity contribution in [1.82, 2.24) is 20.1 Å². The second-order valence-electron chi connectivity index (χ2n) is 5.85. The maximum atomic E-state index is 12.4.